The highest BCUT2D eigenvalue weighted by atomic mass is 127. The molecule has 0 aliphatic heterocycles. The minimum atomic E-state index is -0.428. The molecule has 0 bridgehead atoms. The van der Waals surface area contributed by atoms with Gasteiger partial charge in [0.1, 0.15) is 12.4 Å². The smallest absolute Gasteiger partial charge is 0.161 e. The van der Waals surface area contributed by atoms with Crippen molar-refractivity contribution in [2.24, 2.45) is 0 Å². The summed E-state index contributed by atoms with van der Waals surface area (Å²) in [4.78, 5) is 0. The van der Waals surface area contributed by atoms with Crippen LogP contribution in [0.25, 0.3) is 11.6 Å². The van der Waals surface area contributed by atoms with Crippen LogP contribution in [0.3, 0.4) is 0 Å². The molecule has 29 heavy (non-hydrogen) atoms. The number of nitriles is 1. The van der Waals surface area contributed by atoms with Crippen LogP contribution in [0.15, 0.2) is 66.7 Å². The van der Waals surface area contributed by atoms with Crippen molar-refractivity contribution >= 4 is 34.2 Å². The van der Waals surface area contributed by atoms with Gasteiger partial charge in [0.2, 0.25) is 0 Å². The van der Waals surface area contributed by atoms with Crippen molar-refractivity contribution < 1.29 is 13.9 Å². The molecular formula is C24H19FINO2. The van der Waals surface area contributed by atoms with Crippen LogP contribution in [0, 0.1) is 20.7 Å². The summed E-state index contributed by atoms with van der Waals surface area (Å²) in [6, 6.07) is 21.8. The fraction of sp³-hybridized carbons (Fsp3) is 0.125. The standard InChI is InChI=1S/C24H19FINO2/c1-2-28-24-14-18(13-19(15-27)21-5-3-4-6-22(21)25)9-12-23(24)29-16-17-7-10-20(26)11-8-17/h3-14H,2,16H2,1H3/b19-13-. The average molecular weight is 499 g/mol. The number of ether oxygens (including phenoxy) is 2. The molecule has 0 fully saturated rings. The van der Waals surface area contributed by atoms with E-state index in [4.69, 9.17) is 9.47 Å². The maximum Gasteiger partial charge on any atom is 0.161 e. The van der Waals surface area contributed by atoms with E-state index in [2.05, 4.69) is 28.7 Å². The molecule has 3 rings (SSSR count). The van der Waals surface area contributed by atoms with Crippen molar-refractivity contribution in [2.45, 2.75) is 13.5 Å². The third-order valence-corrected chi connectivity index (χ3v) is 4.89. The normalized spacial score (nSPS) is 11.0. The van der Waals surface area contributed by atoms with Gasteiger partial charge in [0.05, 0.1) is 18.2 Å². The highest BCUT2D eigenvalue weighted by Crippen LogP contribution is 2.31. The van der Waals surface area contributed by atoms with Crippen molar-refractivity contribution in [3.8, 4) is 17.6 Å². The van der Waals surface area contributed by atoms with Gasteiger partial charge >= 0.3 is 0 Å². The van der Waals surface area contributed by atoms with Crippen molar-refractivity contribution in [1.29, 1.82) is 5.26 Å². The molecule has 0 aliphatic rings. The monoisotopic (exact) mass is 499 g/mol. The topological polar surface area (TPSA) is 42.2 Å². The van der Waals surface area contributed by atoms with Crippen LogP contribution in [0.2, 0.25) is 0 Å². The number of benzene rings is 3. The molecule has 0 aromatic heterocycles. The number of halogens is 2. The second-order valence-corrected chi connectivity index (χ2v) is 7.45. The maximum absolute atomic E-state index is 14.0. The lowest BCUT2D eigenvalue weighted by atomic mass is 10.0. The Labute approximate surface area is 183 Å². The number of allylic oxidation sites excluding steroid dienone is 1. The van der Waals surface area contributed by atoms with Gasteiger partial charge in [-0.2, -0.15) is 5.26 Å². The second-order valence-electron chi connectivity index (χ2n) is 6.20. The lowest BCUT2D eigenvalue weighted by Gasteiger charge is -2.13. The van der Waals surface area contributed by atoms with E-state index in [1.807, 2.05) is 37.3 Å². The first kappa shape index (κ1) is 20.9. The van der Waals surface area contributed by atoms with Gasteiger partial charge in [-0.05, 0) is 77.0 Å². The molecule has 0 heterocycles. The summed E-state index contributed by atoms with van der Waals surface area (Å²) in [5.74, 6) is 0.771. The molecule has 0 N–H and O–H groups in total. The lowest BCUT2D eigenvalue weighted by molar-refractivity contribution is 0.269. The molecule has 0 amide bonds. The van der Waals surface area contributed by atoms with Gasteiger partial charge in [0.15, 0.2) is 11.5 Å². The van der Waals surface area contributed by atoms with Gasteiger partial charge in [-0.15, -0.1) is 0 Å². The van der Waals surface area contributed by atoms with Crippen LogP contribution in [0.5, 0.6) is 11.5 Å². The molecule has 0 saturated heterocycles. The molecule has 0 atom stereocenters. The summed E-state index contributed by atoms with van der Waals surface area (Å²) in [7, 11) is 0. The molecule has 3 aromatic carbocycles. The van der Waals surface area contributed by atoms with Gasteiger partial charge in [-0.3, -0.25) is 0 Å². The van der Waals surface area contributed by atoms with E-state index in [1.165, 1.54) is 9.64 Å². The van der Waals surface area contributed by atoms with Crippen LogP contribution >= 0.6 is 22.6 Å². The molecule has 3 aromatic rings. The fourth-order valence-electron chi connectivity index (χ4n) is 2.76. The molecule has 5 heteroatoms. The van der Waals surface area contributed by atoms with E-state index in [0.29, 0.717) is 24.7 Å². The van der Waals surface area contributed by atoms with Gasteiger partial charge in [0.25, 0.3) is 0 Å². The third-order valence-electron chi connectivity index (χ3n) is 4.17. The van der Waals surface area contributed by atoms with Crippen LogP contribution < -0.4 is 9.47 Å². The van der Waals surface area contributed by atoms with Crippen molar-refractivity contribution in [1.82, 2.24) is 0 Å². The number of rotatable bonds is 7. The summed E-state index contributed by atoms with van der Waals surface area (Å²) in [5.41, 5.74) is 2.31. The van der Waals surface area contributed by atoms with E-state index in [1.54, 1.807) is 36.4 Å². The van der Waals surface area contributed by atoms with Gasteiger partial charge < -0.3 is 9.47 Å². The summed E-state index contributed by atoms with van der Waals surface area (Å²) >= 11 is 2.26. The first-order valence-corrected chi connectivity index (χ1v) is 10.2. The highest BCUT2D eigenvalue weighted by molar-refractivity contribution is 14.1. The van der Waals surface area contributed by atoms with E-state index in [0.717, 1.165) is 11.1 Å². The van der Waals surface area contributed by atoms with Crippen LogP contribution in [-0.2, 0) is 6.61 Å². The zero-order chi connectivity index (χ0) is 20.6. The Hall–Kier alpha value is -2.85. The van der Waals surface area contributed by atoms with Crippen molar-refractivity contribution in [3.05, 3.63) is 92.8 Å². The summed E-state index contributed by atoms with van der Waals surface area (Å²) in [5, 5.41) is 9.48. The molecular weight excluding hydrogens is 480 g/mol. The molecule has 3 nitrogen and oxygen atoms in total. The second kappa shape index (κ2) is 10.1. The van der Waals surface area contributed by atoms with Gasteiger partial charge in [0, 0.05) is 9.13 Å². The van der Waals surface area contributed by atoms with Crippen LogP contribution in [-0.4, -0.2) is 6.61 Å². The average Bonchev–Trinajstić information content (AvgIpc) is 2.73. The Morgan fingerprint density at radius 3 is 2.48 bits per heavy atom. The largest absolute Gasteiger partial charge is 0.490 e. The zero-order valence-corrected chi connectivity index (χ0v) is 18.0. The molecule has 0 unspecified atom stereocenters. The molecule has 0 radical (unpaired) electrons. The molecule has 146 valence electrons. The van der Waals surface area contributed by atoms with Crippen molar-refractivity contribution in [2.75, 3.05) is 6.61 Å². The summed E-state index contributed by atoms with van der Waals surface area (Å²) in [6.07, 6.45) is 1.64. The maximum atomic E-state index is 14.0. The fourth-order valence-corrected chi connectivity index (χ4v) is 3.12. The molecule has 0 aliphatic carbocycles. The van der Waals surface area contributed by atoms with Crippen molar-refractivity contribution in [3.63, 3.8) is 0 Å². The molecule has 0 saturated carbocycles. The van der Waals surface area contributed by atoms with Gasteiger partial charge in [-0.25, -0.2) is 4.39 Å². The zero-order valence-electron chi connectivity index (χ0n) is 15.9. The predicted octanol–water partition coefficient (Wildman–Crippen LogP) is 6.47. The minimum Gasteiger partial charge on any atom is -0.490 e. The Bertz CT molecular complexity index is 1060. The first-order valence-electron chi connectivity index (χ1n) is 9.11. The predicted molar refractivity (Wildman–Crippen MR) is 121 cm³/mol. The molecule has 0 spiro atoms. The minimum absolute atomic E-state index is 0.248. The Balaban J connectivity index is 1.86. The highest BCUT2D eigenvalue weighted by Gasteiger charge is 2.10. The number of hydrogen-bond acceptors (Lipinski definition) is 3. The SMILES string of the molecule is CCOc1cc(/C=C(/C#N)c2ccccc2F)ccc1OCc1ccc(I)cc1. The summed E-state index contributed by atoms with van der Waals surface area (Å²) < 4.78 is 26.9. The van der Waals surface area contributed by atoms with Crippen LogP contribution in [0.4, 0.5) is 4.39 Å². The van der Waals surface area contributed by atoms with E-state index >= 15 is 0 Å². The first-order chi connectivity index (χ1) is 14.1. The lowest BCUT2D eigenvalue weighted by Crippen LogP contribution is -2.00. The van der Waals surface area contributed by atoms with E-state index in [-0.39, 0.29) is 11.1 Å². The Kier molecular flexibility index (Phi) is 7.25. The Morgan fingerprint density at radius 1 is 1.03 bits per heavy atom. The number of nitrogens with zero attached hydrogens (tertiary/aromatic N) is 1. The van der Waals surface area contributed by atoms with E-state index < -0.39 is 5.82 Å². The summed E-state index contributed by atoms with van der Waals surface area (Å²) in [6.45, 7) is 2.79. The van der Waals surface area contributed by atoms with Crippen LogP contribution in [0.1, 0.15) is 23.6 Å². The third kappa shape index (κ3) is 5.58. The Morgan fingerprint density at radius 2 is 1.79 bits per heavy atom. The quantitative estimate of drug-likeness (QED) is 0.213. The van der Waals surface area contributed by atoms with Gasteiger partial charge in [-0.1, -0.05) is 36.4 Å². The van der Waals surface area contributed by atoms with E-state index in [9.17, 15) is 9.65 Å². The number of hydrogen-bond donors (Lipinski definition) is 0.